The molecule has 8 heteroatoms. The fourth-order valence-electron chi connectivity index (χ4n) is 4.04. The lowest BCUT2D eigenvalue weighted by molar-refractivity contribution is -0.140. The number of Topliss-reactive ketones (excluding diaryl/α,β-unsaturated/α-hetero) is 1. The van der Waals surface area contributed by atoms with Gasteiger partial charge in [0.15, 0.2) is 11.5 Å². The highest BCUT2D eigenvalue weighted by Gasteiger charge is 2.46. The third kappa shape index (κ3) is 4.80. The molecule has 8 nitrogen and oxygen atoms in total. The van der Waals surface area contributed by atoms with Gasteiger partial charge in [-0.25, -0.2) is 0 Å². The van der Waals surface area contributed by atoms with E-state index in [9.17, 15) is 19.8 Å². The molecule has 33 heavy (non-hydrogen) atoms. The van der Waals surface area contributed by atoms with Crippen molar-refractivity contribution < 1.29 is 29.3 Å². The standard InChI is InChI=1S/C25H30N2O6/c1-5-26(6-2)12-13-27-22(16-10-11-19(28)20(15-16)33-4)21(24(30)25(27)31)23(29)17-8-7-9-18(14-17)32-3/h7-11,14-15,22,28-29H,5-6,12-13H2,1-4H3/b23-21+. The van der Waals surface area contributed by atoms with Crippen LogP contribution in [0.3, 0.4) is 0 Å². The third-order valence-corrected chi connectivity index (χ3v) is 5.95. The van der Waals surface area contributed by atoms with E-state index in [1.54, 1.807) is 36.4 Å². The van der Waals surface area contributed by atoms with Gasteiger partial charge < -0.3 is 29.5 Å². The Morgan fingerprint density at radius 3 is 2.42 bits per heavy atom. The van der Waals surface area contributed by atoms with E-state index in [0.29, 0.717) is 30.0 Å². The molecule has 3 rings (SSSR count). The maximum atomic E-state index is 13.1. The lowest BCUT2D eigenvalue weighted by atomic mass is 9.95. The van der Waals surface area contributed by atoms with Gasteiger partial charge >= 0.3 is 0 Å². The van der Waals surface area contributed by atoms with Gasteiger partial charge in [-0.15, -0.1) is 0 Å². The average Bonchev–Trinajstić information content (AvgIpc) is 3.09. The zero-order valence-corrected chi connectivity index (χ0v) is 19.4. The molecular weight excluding hydrogens is 424 g/mol. The van der Waals surface area contributed by atoms with Crippen LogP contribution < -0.4 is 9.47 Å². The SMILES string of the molecule is CCN(CC)CCN1C(=O)C(=O)/C(=C(/O)c2cccc(OC)c2)C1c1ccc(O)c(OC)c1. The monoisotopic (exact) mass is 454 g/mol. The number of aliphatic hydroxyl groups is 1. The number of ether oxygens (including phenoxy) is 2. The number of likely N-dealkylation sites (tertiary alicyclic amines) is 1. The first-order chi connectivity index (χ1) is 15.9. The van der Waals surface area contributed by atoms with Crippen LogP contribution in [0.5, 0.6) is 17.2 Å². The molecule has 1 heterocycles. The molecule has 0 aliphatic carbocycles. The molecule has 2 aromatic rings. The van der Waals surface area contributed by atoms with Crippen molar-refractivity contribution in [1.82, 2.24) is 9.80 Å². The minimum Gasteiger partial charge on any atom is -0.507 e. The van der Waals surface area contributed by atoms with Crippen LogP contribution in [0.25, 0.3) is 5.76 Å². The first kappa shape index (κ1) is 24.1. The van der Waals surface area contributed by atoms with Gasteiger partial charge in [-0.05, 0) is 42.9 Å². The molecule has 1 aliphatic rings. The number of phenols is 1. The third-order valence-electron chi connectivity index (χ3n) is 5.95. The van der Waals surface area contributed by atoms with Crippen molar-refractivity contribution >= 4 is 17.4 Å². The number of phenolic OH excluding ortho intramolecular Hbond substituents is 1. The highest BCUT2D eigenvalue weighted by molar-refractivity contribution is 6.46. The average molecular weight is 455 g/mol. The smallest absolute Gasteiger partial charge is 0.295 e. The van der Waals surface area contributed by atoms with Crippen LogP contribution in [-0.2, 0) is 9.59 Å². The zero-order chi connectivity index (χ0) is 24.1. The second kappa shape index (κ2) is 10.4. The van der Waals surface area contributed by atoms with E-state index < -0.39 is 17.7 Å². The number of likely N-dealkylation sites (N-methyl/N-ethyl adjacent to an activating group) is 1. The number of carbonyl (C=O) groups excluding carboxylic acids is 2. The Morgan fingerprint density at radius 1 is 1.06 bits per heavy atom. The van der Waals surface area contributed by atoms with E-state index in [2.05, 4.69) is 4.90 Å². The van der Waals surface area contributed by atoms with Crippen molar-refractivity contribution in [2.45, 2.75) is 19.9 Å². The number of rotatable bonds is 9. The van der Waals surface area contributed by atoms with Crippen molar-refractivity contribution in [3.05, 3.63) is 59.2 Å². The Kier molecular flexibility index (Phi) is 7.60. The molecular formula is C25H30N2O6. The second-order valence-electron chi connectivity index (χ2n) is 7.68. The van der Waals surface area contributed by atoms with Crippen LogP contribution in [0.15, 0.2) is 48.0 Å². The van der Waals surface area contributed by atoms with Gasteiger partial charge in [-0.3, -0.25) is 9.59 Å². The quantitative estimate of drug-likeness (QED) is 0.341. The van der Waals surface area contributed by atoms with Crippen LogP contribution in [0.1, 0.15) is 31.0 Å². The molecule has 1 atom stereocenters. The van der Waals surface area contributed by atoms with Crippen molar-refractivity contribution in [2.75, 3.05) is 40.4 Å². The van der Waals surface area contributed by atoms with Crippen molar-refractivity contribution in [3.8, 4) is 17.2 Å². The van der Waals surface area contributed by atoms with Gasteiger partial charge in [0.2, 0.25) is 0 Å². The van der Waals surface area contributed by atoms with E-state index in [0.717, 1.165) is 13.1 Å². The number of nitrogens with zero attached hydrogens (tertiary/aromatic N) is 2. The molecule has 2 aromatic carbocycles. The summed E-state index contributed by atoms with van der Waals surface area (Å²) in [5.41, 5.74) is 0.903. The van der Waals surface area contributed by atoms with Crippen molar-refractivity contribution in [3.63, 3.8) is 0 Å². The molecule has 176 valence electrons. The largest absolute Gasteiger partial charge is 0.507 e. The van der Waals surface area contributed by atoms with Crippen LogP contribution in [0.2, 0.25) is 0 Å². The number of methoxy groups -OCH3 is 2. The Bertz CT molecular complexity index is 1060. The van der Waals surface area contributed by atoms with Crippen LogP contribution in [0.4, 0.5) is 0 Å². The van der Waals surface area contributed by atoms with Crippen LogP contribution in [-0.4, -0.2) is 72.1 Å². The summed E-state index contributed by atoms with van der Waals surface area (Å²) in [7, 11) is 2.93. The Hall–Kier alpha value is -3.52. The first-order valence-electron chi connectivity index (χ1n) is 10.9. The summed E-state index contributed by atoms with van der Waals surface area (Å²) in [5, 5.41) is 21.2. The topological polar surface area (TPSA) is 99.5 Å². The Labute approximate surface area is 193 Å². The van der Waals surface area contributed by atoms with Gasteiger partial charge in [0.05, 0.1) is 25.8 Å². The first-order valence-corrected chi connectivity index (χ1v) is 10.9. The second-order valence-corrected chi connectivity index (χ2v) is 7.68. The molecule has 1 unspecified atom stereocenters. The summed E-state index contributed by atoms with van der Waals surface area (Å²) in [6, 6.07) is 10.5. The molecule has 2 N–H and O–H groups in total. The van der Waals surface area contributed by atoms with Gasteiger partial charge in [0.1, 0.15) is 11.5 Å². The lowest BCUT2D eigenvalue weighted by Crippen LogP contribution is -2.38. The zero-order valence-electron chi connectivity index (χ0n) is 19.4. The molecule has 1 aliphatic heterocycles. The Balaban J connectivity index is 2.15. The normalized spacial score (nSPS) is 17.6. The van der Waals surface area contributed by atoms with E-state index >= 15 is 0 Å². The summed E-state index contributed by atoms with van der Waals surface area (Å²) in [5.74, 6) is -1.06. The predicted molar refractivity (Wildman–Crippen MR) is 124 cm³/mol. The molecule has 0 aromatic heterocycles. The summed E-state index contributed by atoms with van der Waals surface area (Å²) >= 11 is 0. The minimum atomic E-state index is -0.832. The molecule has 1 fully saturated rings. The number of ketones is 1. The number of amides is 1. The summed E-state index contributed by atoms with van der Waals surface area (Å²) in [6.45, 7) is 6.55. The van der Waals surface area contributed by atoms with Crippen LogP contribution in [0, 0.1) is 0 Å². The number of carbonyl (C=O) groups is 2. The van der Waals surface area contributed by atoms with E-state index in [4.69, 9.17) is 9.47 Å². The molecule has 0 spiro atoms. The molecule has 1 saturated heterocycles. The molecule has 0 bridgehead atoms. The summed E-state index contributed by atoms with van der Waals surface area (Å²) < 4.78 is 10.5. The number of hydrogen-bond donors (Lipinski definition) is 2. The van der Waals surface area contributed by atoms with Gasteiger partial charge in [-0.2, -0.15) is 0 Å². The molecule has 1 amide bonds. The number of aliphatic hydroxyl groups excluding tert-OH is 1. The summed E-state index contributed by atoms with van der Waals surface area (Å²) in [6.07, 6.45) is 0. The highest BCUT2D eigenvalue weighted by atomic mass is 16.5. The van der Waals surface area contributed by atoms with E-state index in [1.807, 2.05) is 13.8 Å². The highest BCUT2D eigenvalue weighted by Crippen LogP contribution is 2.41. The summed E-state index contributed by atoms with van der Waals surface area (Å²) in [4.78, 5) is 29.8. The Morgan fingerprint density at radius 2 is 1.79 bits per heavy atom. The maximum absolute atomic E-state index is 13.1. The van der Waals surface area contributed by atoms with Gasteiger partial charge in [0, 0.05) is 18.7 Å². The minimum absolute atomic E-state index is 0.0134. The molecule has 0 saturated carbocycles. The van der Waals surface area contributed by atoms with Crippen LogP contribution >= 0.6 is 0 Å². The number of benzene rings is 2. The van der Waals surface area contributed by atoms with Gasteiger partial charge in [-0.1, -0.05) is 32.0 Å². The lowest BCUT2D eigenvalue weighted by Gasteiger charge is -2.28. The van der Waals surface area contributed by atoms with E-state index in [1.165, 1.54) is 25.2 Å². The fourth-order valence-corrected chi connectivity index (χ4v) is 4.04. The number of hydrogen-bond acceptors (Lipinski definition) is 7. The fraction of sp³-hybridized carbons (Fsp3) is 0.360. The predicted octanol–water partition coefficient (Wildman–Crippen LogP) is 3.17. The molecule has 0 radical (unpaired) electrons. The van der Waals surface area contributed by atoms with E-state index in [-0.39, 0.29) is 22.8 Å². The van der Waals surface area contributed by atoms with Gasteiger partial charge in [0.25, 0.3) is 11.7 Å². The maximum Gasteiger partial charge on any atom is 0.295 e. The number of aromatic hydroxyl groups is 1. The van der Waals surface area contributed by atoms with Crippen molar-refractivity contribution in [1.29, 1.82) is 0 Å². The van der Waals surface area contributed by atoms with Crippen molar-refractivity contribution in [2.24, 2.45) is 0 Å².